The first-order valence-electron chi connectivity index (χ1n) is 6.05. The van der Waals surface area contributed by atoms with Crippen LogP contribution < -0.4 is 15.4 Å². The van der Waals surface area contributed by atoms with Crippen molar-refractivity contribution < 1.29 is 9.53 Å². The molecule has 0 unspecified atom stereocenters. The van der Waals surface area contributed by atoms with Crippen molar-refractivity contribution in [1.29, 1.82) is 0 Å². The Labute approximate surface area is 112 Å². The molecular weight excluding hydrogens is 252 g/mol. The van der Waals surface area contributed by atoms with E-state index >= 15 is 0 Å². The fraction of sp³-hybridized carbons (Fsp3) is 0.462. The molecule has 0 atom stereocenters. The smallest absolute Gasteiger partial charge is 0.258 e. The summed E-state index contributed by atoms with van der Waals surface area (Å²) in [6.45, 7) is 0.664. The average Bonchev–Trinajstić information content (AvgIpc) is 3.12. The molecule has 2 N–H and O–H groups in total. The molecule has 1 aliphatic rings. The summed E-state index contributed by atoms with van der Waals surface area (Å²) in [5.41, 5.74) is 0.948. The fourth-order valence-electron chi connectivity index (χ4n) is 1.68. The molecule has 98 valence electrons. The first kappa shape index (κ1) is 13.2. The van der Waals surface area contributed by atoms with Crippen molar-refractivity contribution in [2.24, 2.45) is 0 Å². The second-order valence-electron chi connectivity index (χ2n) is 4.39. The highest BCUT2D eigenvalue weighted by Crippen LogP contribution is 2.28. The number of para-hydroxylation sites is 1. The molecule has 0 saturated heterocycles. The van der Waals surface area contributed by atoms with Gasteiger partial charge in [0.15, 0.2) is 6.61 Å². The third-order valence-electron chi connectivity index (χ3n) is 2.71. The molecule has 1 amide bonds. The van der Waals surface area contributed by atoms with Crippen molar-refractivity contribution in [2.45, 2.75) is 25.4 Å². The molecule has 1 aliphatic carbocycles. The molecule has 0 aliphatic heterocycles. The van der Waals surface area contributed by atoms with Crippen LogP contribution in [-0.2, 0) is 11.3 Å². The molecule has 1 saturated carbocycles. The lowest BCUT2D eigenvalue weighted by Crippen LogP contribution is -2.30. The van der Waals surface area contributed by atoms with Gasteiger partial charge in [0.1, 0.15) is 5.75 Å². The second kappa shape index (κ2) is 6.07. The predicted octanol–water partition coefficient (Wildman–Crippen LogP) is 1.72. The number of carbonyl (C=O) groups excluding carboxylic acids is 1. The number of hydrogen-bond donors (Lipinski definition) is 2. The molecule has 1 aromatic carbocycles. The Hall–Kier alpha value is -1.26. The summed E-state index contributed by atoms with van der Waals surface area (Å²) in [5, 5.41) is 6.44. The van der Waals surface area contributed by atoms with E-state index in [0.29, 0.717) is 23.4 Å². The van der Waals surface area contributed by atoms with Crippen LogP contribution in [-0.4, -0.2) is 25.6 Å². The molecule has 1 aromatic rings. The van der Waals surface area contributed by atoms with Crippen molar-refractivity contribution in [3.8, 4) is 5.75 Å². The summed E-state index contributed by atoms with van der Waals surface area (Å²) in [4.78, 5) is 11.6. The monoisotopic (exact) mass is 268 g/mol. The van der Waals surface area contributed by atoms with Gasteiger partial charge in [0.25, 0.3) is 5.91 Å². The molecule has 5 heteroatoms. The molecular formula is C13H17ClN2O2. The van der Waals surface area contributed by atoms with Crippen LogP contribution in [0.1, 0.15) is 18.4 Å². The summed E-state index contributed by atoms with van der Waals surface area (Å²) in [7, 11) is 1.85. The molecule has 0 radical (unpaired) electrons. The minimum atomic E-state index is -0.0900. The third-order valence-corrected chi connectivity index (χ3v) is 3.00. The summed E-state index contributed by atoms with van der Waals surface area (Å²) in [6.07, 6.45) is 2.14. The second-order valence-corrected chi connectivity index (χ2v) is 4.80. The molecule has 0 aromatic heterocycles. The zero-order chi connectivity index (χ0) is 13.0. The predicted molar refractivity (Wildman–Crippen MR) is 70.9 cm³/mol. The van der Waals surface area contributed by atoms with E-state index < -0.39 is 0 Å². The molecule has 18 heavy (non-hydrogen) atoms. The lowest BCUT2D eigenvalue weighted by molar-refractivity contribution is -0.123. The van der Waals surface area contributed by atoms with Gasteiger partial charge in [-0.2, -0.15) is 0 Å². The Bertz CT molecular complexity index is 433. The van der Waals surface area contributed by atoms with Crippen LogP contribution in [0.5, 0.6) is 5.75 Å². The molecule has 0 bridgehead atoms. The zero-order valence-corrected chi connectivity index (χ0v) is 11.1. The number of benzene rings is 1. The average molecular weight is 269 g/mol. The molecule has 2 rings (SSSR count). The van der Waals surface area contributed by atoms with Crippen LogP contribution in [0.2, 0.25) is 5.02 Å². The Morgan fingerprint density at radius 1 is 1.50 bits per heavy atom. The maximum Gasteiger partial charge on any atom is 0.258 e. The number of rotatable bonds is 6. The van der Waals surface area contributed by atoms with Crippen LogP contribution in [0.15, 0.2) is 18.2 Å². The van der Waals surface area contributed by atoms with Gasteiger partial charge in [0.2, 0.25) is 0 Å². The molecule has 4 nitrogen and oxygen atoms in total. The third kappa shape index (κ3) is 3.62. The number of carbonyl (C=O) groups is 1. The van der Waals surface area contributed by atoms with Crippen LogP contribution in [0.4, 0.5) is 0 Å². The highest BCUT2D eigenvalue weighted by atomic mass is 35.5. The Kier molecular flexibility index (Phi) is 4.44. The molecule has 0 heterocycles. The van der Waals surface area contributed by atoms with E-state index in [1.807, 2.05) is 19.2 Å². The zero-order valence-electron chi connectivity index (χ0n) is 10.3. The SMILES string of the molecule is CNCc1cccc(Cl)c1OCC(=O)NC1CC1. The minimum Gasteiger partial charge on any atom is -0.482 e. The van der Waals surface area contributed by atoms with E-state index in [1.165, 1.54) is 0 Å². The highest BCUT2D eigenvalue weighted by molar-refractivity contribution is 6.32. The Balaban J connectivity index is 1.95. The summed E-state index contributed by atoms with van der Waals surface area (Å²) in [6, 6.07) is 5.90. The Morgan fingerprint density at radius 2 is 2.28 bits per heavy atom. The van der Waals surface area contributed by atoms with E-state index in [-0.39, 0.29) is 12.5 Å². The van der Waals surface area contributed by atoms with Crippen molar-refractivity contribution >= 4 is 17.5 Å². The number of hydrogen-bond acceptors (Lipinski definition) is 3. The molecule has 0 spiro atoms. The lowest BCUT2D eigenvalue weighted by Gasteiger charge is -2.12. The number of halogens is 1. The summed E-state index contributed by atoms with van der Waals surface area (Å²) >= 11 is 6.08. The van der Waals surface area contributed by atoms with Gasteiger partial charge in [0, 0.05) is 18.2 Å². The van der Waals surface area contributed by atoms with Gasteiger partial charge in [0.05, 0.1) is 5.02 Å². The minimum absolute atomic E-state index is 0.0109. The van der Waals surface area contributed by atoms with E-state index in [2.05, 4.69) is 10.6 Å². The number of ether oxygens (including phenoxy) is 1. The van der Waals surface area contributed by atoms with E-state index in [0.717, 1.165) is 18.4 Å². The van der Waals surface area contributed by atoms with E-state index in [1.54, 1.807) is 6.07 Å². The normalized spacial score (nSPS) is 14.3. The van der Waals surface area contributed by atoms with Crippen LogP contribution >= 0.6 is 11.6 Å². The first-order valence-corrected chi connectivity index (χ1v) is 6.42. The van der Waals surface area contributed by atoms with Crippen LogP contribution in [0, 0.1) is 0 Å². The van der Waals surface area contributed by atoms with Crippen LogP contribution in [0.3, 0.4) is 0 Å². The first-order chi connectivity index (χ1) is 8.70. The van der Waals surface area contributed by atoms with Gasteiger partial charge in [-0.3, -0.25) is 4.79 Å². The quantitative estimate of drug-likeness (QED) is 0.826. The molecule has 1 fully saturated rings. The Morgan fingerprint density at radius 3 is 2.94 bits per heavy atom. The highest BCUT2D eigenvalue weighted by Gasteiger charge is 2.23. The van der Waals surface area contributed by atoms with Gasteiger partial charge in [-0.15, -0.1) is 0 Å². The van der Waals surface area contributed by atoms with Gasteiger partial charge in [-0.25, -0.2) is 0 Å². The largest absolute Gasteiger partial charge is 0.482 e. The van der Waals surface area contributed by atoms with Gasteiger partial charge in [-0.05, 0) is 26.0 Å². The number of nitrogens with one attached hydrogen (secondary N) is 2. The van der Waals surface area contributed by atoms with Crippen LogP contribution in [0.25, 0.3) is 0 Å². The maximum atomic E-state index is 11.6. The fourth-order valence-corrected chi connectivity index (χ4v) is 1.93. The summed E-state index contributed by atoms with van der Waals surface area (Å²) < 4.78 is 5.53. The van der Waals surface area contributed by atoms with Crippen molar-refractivity contribution in [3.05, 3.63) is 28.8 Å². The summed E-state index contributed by atoms with van der Waals surface area (Å²) in [5.74, 6) is 0.493. The van der Waals surface area contributed by atoms with Crippen molar-refractivity contribution in [3.63, 3.8) is 0 Å². The maximum absolute atomic E-state index is 11.6. The lowest BCUT2D eigenvalue weighted by atomic mass is 10.2. The standard InChI is InChI=1S/C13H17ClN2O2/c1-15-7-9-3-2-4-11(14)13(9)18-8-12(17)16-10-5-6-10/h2-4,10,15H,5-8H2,1H3,(H,16,17). The van der Waals surface area contributed by atoms with Gasteiger partial charge < -0.3 is 15.4 Å². The van der Waals surface area contributed by atoms with Crippen molar-refractivity contribution in [1.82, 2.24) is 10.6 Å². The van der Waals surface area contributed by atoms with Gasteiger partial charge >= 0.3 is 0 Å². The van der Waals surface area contributed by atoms with Crippen molar-refractivity contribution in [2.75, 3.05) is 13.7 Å². The number of amides is 1. The van der Waals surface area contributed by atoms with Gasteiger partial charge in [-0.1, -0.05) is 23.7 Å². The van der Waals surface area contributed by atoms with E-state index in [4.69, 9.17) is 16.3 Å². The topological polar surface area (TPSA) is 50.4 Å². The van der Waals surface area contributed by atoms with E-state index in [9.17, 15) is 4.79 Å².